The number of halogens is 1. The zero-order chi connectivity index (χ0) is 11.4. The number of pyridine rings is 1. The highest BCUT2D eigenvalue weighted by Crippen LogP contribution is 2.32. The smallest absolute Gasteiger partial charge is 0.129 e. The van der Waals surface area contributed by atoms with Crippen molar-refractivity contribution < 1.29 is 0 Å². The maximum atomic E-state index is 5.88. The third kappa shape index (κ3) is 2.94. The molecule has 0 radical (unpaired) electrons. The summed E-state index contributed by atoms with van der Waals surface area (Å²) in [6, 6.07) is 4.07. The van der Waals surface area contributed by atoms with Crippen molar-refractivity contribution in [3.63, 3.8) is 0 Å². The van der Waals surface area contributed by atoms with Crippen LogP contribution in [0.25, 0.3) is 0 Å². The van der Waals surface area contributed by atoms with Crippen LogP contribution < -0.4 is 11.3 Å². The Labute approximate surface area is 101 Å². The average Bonchev–Trinajstić information content (AvgIpc) is 2.78. The fourth-order valence-electron chi connectivity index (χ4n) is 2.51. The summed E-state index contributed by atoms with van der Waals surface area (Å²) in [5, 5.41) is 0.532. The minimum absolute atomic E-state index is 0.198. The Morgan fingerprint density at radius 1 is 1.50 bits per heavy atom. The SMILES string of the molecule is NNC(CC1CCCC1)c1ccnc(Cl)c1. The monoisotopic (exact) mass is 239 g/mol. The van der Waals surface area contributed by atoms with Gasteiger partial charge in [0.25, 0.3) is 0 Å². The van der Waals surface area contributed by atoms with Gasteiger partial charge < -0.3 is 0 Å². The molecule has 0 amide bonds. The van der Waals surface area contributed by atoms with Gasteiger partial charge in [-0.05, 0) is 30.0 Å². The molecule has 1 fully saturated rings. The number of nitrogens with two attached hydrogens (primary N) is 1. The van der Waals surface area contributed by atoms with E-state index in [4.69, 9.17) is 17.4 Å². The van der Waals surface area contributed by atoms with Gasteiger partial charge in [-0.2, -0.15) is 0 Å². The van der Waals surface area contributed by atoms with Gasteiger partial charge in [0.1, 0.15) is 5.15 Å². The number of nitrogens with one attached hydrogen (secondary N) is 1. The maximum Gasteiger partial charge on any atom is 0.129 e. The number of hydrogen-bond donors (Lipinski definition) is 2. The van der Waals surface area contributed by atoms with Gasteiger partial charge >= 0.3 is 0 Å². The van der Waals surface area contributed by atoms with E-state index in [1.807, 2.05) is 12.1 Å². The summed E-state index contributed by atoms with van der Waals surface area (Å²) in [5.41, 5.74) is 4.02. The average molecular weight is 240 g/mol. The van der Waals surface area contributed by atoms with E-state index in [2.05, 4.69) is 10.4 Å². The van der Waals surface area contributed by atoms with Crippen LogP contribution in [-0.4, -0.2) is 4.98 Å². The van der Waals surface area contributed by atoms with Gasteiger partial charge in [-0.1, -0.05) is 37.3 Å². The predicted molar refractivity (Wildman–Crippen MR) is 65.9 cm³/mol. The van der Waals surface area contributed by atoms with Crippen molar-refractivity contribution in [2.24, 2.45) is 11.8 Å². The second-order valence-electron chi connectivity index (χ2n) is 4.52. The van der Waals surface area contributed by atoms with E-state index in [9.17, 15) is 0 Å². The molecule has 1 aromatic rings. The standard InChI is InChI=1S/C12H18ClN3/c13-12-8-10(5-6-15-12)11(16-14)7-9-3-1-2-4-9/h5-6,8-9,11,16H,1-4,7,14H2. The topological polar surface area (TPSA) is 50.9 Å². The zero-order valence-corrected chi connectivity index (χ0v) is 10.1. The largest absolute Gasteiger partial charge is 0.271 e. The highest BCUT2D eigenvalue weighted by atomic mass is 35.5. The minimum Gasteiger partial charge on any atom is -0.271 e. The Morgan fingerprint density at radius 2 is 2.25 bits per heavy atom. The van der Waals surface area contributed by atoms with E-state index in [0.717, 1.165) is 17.9 Å². The summed E-state index contributed by atoms with van der Waals surface area (Å²) in [4.78, 5) is 3.99. The molecule has 0 aromatic carbocycles. The molecule has 3 N–H and O–H groups in total. The van der Waals surface area contributed by atoms with E-state index < -0.39 is 0 Å². The molecule has 1 aliphatic rings. The fraction of sp³-hybridized carbons (Fsp3) is 0.583. The first-order valence-corrected chi connectivity index (χ1v) is 6.25. The van der Waals surface area contributed by atoms with E-state index in [0.29, 0.717) is 5.15 Å². The number of rotatable bonds is 4. The van der Waals surface area contributed by atoms with E-state index in [1.165, 1.54) is 25.7 Å². The van der Waals surface area contributed by atoms with Gasteiger partial charge in [0.05, 0.1) is 0 Å². The van der Waals surface area contributed by atoms with Crippen LogP contribution in [0.1, 0.15) is 43.7 Å². The molecule has 1 atom stereocenters. The van der Waals surface area contributed by atoms with Crippen LogP contribution in [0.2, 0.25) is 5.15 Å². The molecule has 1 aliphatic carbocycles. The number of hydrazine groups is 1. The maximum absolute atomic E-state index is 5.88. The molecule has 2 rings (SSSR count). The van der Waals surface area contributed by atoms with E-state index in [1.54, 1.807) is 6.20 Å². The van der Waals surface area contributed by atoms with Crippen LogP contribution in [-0.2, 0) is 0 Å². The molecular weight excluding hydrogens is 222 g/mol. The van der Waals surface area contributed by atoms with Crippen LogP contribution in [0.4, 0.5) is 0 Å². The lowest BCUT2D eigenvalue weighted by Crippen LogP contribution is -2.29. The molecular formula is C12H18ClN3. The van der Waals surface area contributed by atoms with E-state index >= 15 is 0 Å². The summed E-state index contributed by atoms with van der Waals surface area (Å²) < 4.78 is 0. The van der Waals surface area contributed by atoms with Crippen molar-refractivity contribution in [1.82, 2.24) is 10.4 Å². The van der Waals surface area contributed by atoms with Crippen molar-refractivity contribution >= 4 is 11.6 Å². The summed E-state index contributed by atoms with van der Waals surface area (Å²) in [6.45, 7) is 0. The van der Waals surface area contributed by atoms with Crippen LogP contribution in [0.5, 0.6) is 0 Å². The number of hydrogen-bond acceptors (Lipinski definition) is 3. The van der Waals surface area contributed by atoms with Crippen molar-refractivity contribution in [3.05, 3.63) is 29.0 Å². The first-order valence-electron chi connectivity index (χ1n) is 5.87. The van der Waals surface area contributed by atoms with Gasteiger partial charge in [0.2, 0.25) is 0 Å². The Kier molecular flexibility index (Phi) is 4.16. The van der Waals surface area contributed by atoms with Gasteiger partial charge in [-0.25, -0.2) is 4.98 Å². The third-order valence-corrected chi connectivity index (χ3v) is 3.60. The fourth-order valence-corrected chi connectivity index (χ4v) is 2.70. The lowest BCUT2D eigenvalue weighted by molar-refractivity contribution is 0.400. The molecule has 0 bridgehead atoms. The Hall–Kier alpha value is -0.640. The summed E-state index contributed by atoms with van der Waals surface area (Å²) in [5.74, 6) is 6.42. The zero-order valence-electron chi connectivity index (χ0n) is 9.32. The van der Waals surface area contributed by atoms with Crippen molar-refractivity contribution in [2.75, 3.05) is 0 Å². The summed E-state index contributed by atoms with van der Waals surface area (Å²) >= 11 is 5.88. The Balaban J connectivity index is 2.03. The molecule has 1 aromatic heterocycles. The first-order chi connectivity index (χ1) is 7.79. The van der Waals surface area contributed by atoms with Gasteiger partial charge in [0, 0.05) is 12.2 Å². The van der Waals surface area contributed by atoms with Crippen LogP contribution >= 0.6 is 11.6 Å². The predicted octanol–water partition coefficient (Wildman–Crippen LogP) is 2.82. The van der Waals surface area contributed by atoms with Gasteiger partial charge in [-0.3, -0.25) is 11.3 Å². The molecule has 88 valence electrons. The van der Waals surface area contributed by atoms with Crippen LogP contribution in [0, 0.1) is 5.92 Å². The second-order valence-corrected chi connectivity index (χ2v) is 4.90. The molecule has 16 heavy (non-hydrogen) atoms. The first kappa shape index (κ1) is 11.8. The van der Waals surface area contributed by atoms with Crippen molar-refractivity contribution in [3.8, 4) is 0 Å². The quantitative estimate of drug-likeness (QED) is 0.483. The molecule has 3 nitrogen and oxygen atoms in total. The molecule has 1 saturated carbocycles. The summed E-state index contributed by atoms with van der Waals surface area (Å²) in [6.07, 6.45) is 8.21. The van der Waals surface area contributed by atoms with Crippen LogP contribution in [0.3, 0.4) is 0 Å². The molecule has 0 saturated heterocycles. The molecule has 4 heteroatoms. The highest BCUT2D eigenvalue weighted by Gasteiger charge is 2.20. The van der Waals surface area contributed by atoms with Gasteiger partial charge in [-0.15, -0.1) is 0 Å². The van der Waals surface area contributed by atoms with Crippen molar-refractivity contribution in [1.29, 1.82) is 0 Å². The summed E-state index contributed by atoms with van der Waals surface area (Å²) in [7, 11) is 0. The lowest BCUT2D eigenvalue weighted by atomic mass is 9.94. The Morgan fingerprint density at radius 3 is 2.88 bits per heavy atom. The molecule has 1 heterocycles. The van der Waals surface area contributed by atoms with E-state index in [-0.39, 0.29) is 6.04 Å². The lowest BCUT2D eigenvalue weighted by Gasteiger charge is -2.20. The van der Waals surface area contributed by atoms with Crippen LogP contribution in [0.15, 0.2) is 18.3 Å². The molecule has 1 unspecified atom stereocenters. The highest BCUT2D eigenvalue weighted by molar-refractivity contribution is 6.29. The second kappa shape index (κ2) is 5.62. The van der Waals surface area contributed by atoms with Gasteiger partial charge in [0.15, 0.2) is 0 Å². The van der Waals surface area contributed by atoms with Crippen molar-refractivity contribution in [2.45, 2.75) is 38.1 Å². The Bertz CT molecular complexity index is 337. The molecule has 0 aliphatic heterocycles. The molecule has 0 spiro atoms. The number of aromatic nitrogens is 1. The third-order valence-electron chi connectivity index (χ3n) is 3.40. The normalized spacial score (nSPS) is 18.9. The number of nitrogens with zero attached hydrogens (tertiary/aromatic N) is 1. The minimum atomic E-state index is 0.198.